The molecule has 0 aliphatic carbocycles. The number of hydrogen-bond donors (Lipinski definition) is 0. The Bertz CT molecular complexity index is 928. The first kappa shape index (κ1) is 17.6. The third kappa shape index (κ3) is 3.73. The van der Waals surface area contributed by atoms with Crippen LogP contribution in [-0.2, 0) is 0 Å². The minimum absolute atomic E-state index is 0.625. The van der Waals surface area contributed by atoms with E-state index in [4.69, 9.17) is 27.9 Å². The van der Waals surface area contributed by atoms with Crippen molar-refractivity contribution >= 4 is 35.1 Å². The number of hydrogen-bond acceptors (Lipinski definition) is 2. The van der Waals surface area contributed by atoms with E-state index in [0.717, 1.165) is 27.7 Å². The zero-order valence-corrected chi connectivity index (χ0v) is 15.8. The van der Waals surface area contributed by atoms with E-state index >= 15 is 0 Å². The number of rotatable bonds is 4. The largest absolute Gasteiger partial charge is 0.494 e. The molecule has 5 heteroatoms. The van der Waals surface area contributed by atoms with Gasteiger partial charge in [0.25, 0.3) is 0 Å². The molecule has 1 aromatic heterocycles. The second-order valence-corrected chi connectivity index (χ2v) is 6.59. The van der Waals surface area contributed by atoms with E-state index in [2.05, 4.69) is 29.5 Å². The fourth-order valence-corrected chi connectivity index (χ4v) is 3.10. The van der Waals surface area contributed by atoms with Crippen LogP contribution in [-0.4, -0.2) is 17.9 Å². The van der Waals surface area contributed by atoms with Crippen molar-refractivity contribution in [3.8, 4) is 11.4 Å². The van der Waals surface area contributed by atoms with Gasteiger partial charge in [0.2, 0.25) is 0 Å². The van der Waals surface area contributed by atoms with E-state index in [1.165, 1.54) is 0 Å². The highest BCUT2D eigenvalue weighted by Gasteiger charge is 2.10. The summed E-state index contributed by atoms with van der Waals surface area (Å²) in [6.07, 6.45) is 1.84. The molecule has 0 N–H and O–H groups in total. The molecule has 0 fully saturated rings. The van der Waals surface area contributed by atoms with Gasteiger partial charge in [-0.15, -0.1) is 0 Å². The summed E-state index contributed by atoms with van der Waals surface area (Å²) in [5.74, 6) is 0.687. The Labute approximate surface area is 157 Å². The van der Waals surface area contributed by atoms with Crippen LogP contribution in [0.1, 0.15) is 17.0 Å². The topological polar surface area (TPSA) is 26.5 Å². The van der Waals surface area contributed by atoms with Gasteiger partial charge in [-0.1, -0.05) is 23.2 Å². The molecule has 0 aliphatic heterocycles. The number of ether oxygens (including phenoxy) is 1. The van der Waals surface area contributed by atoms with E-state index in [9.17, 15) is 0 Å². The lowest BCUT2D eigenvalue weighted by Crippen LogP contribution is -1.99. The molecular weight excluding hydrogens is 355 g/mol. The summed E-state index contributed by atoms with van der Waals surface area (Å²) in [4.78, 5) is 4.56. The van der Waals surface area contributed by atoms with E-state index in [1.807, 2.05) is 36.5 Å². The zero-order valence-electron chi connectivity index (χ0n) is 14.3. The Hall–Kier alpha value is -2.23. The van der Waals surface area contributed by atoms with Crippen LogP contribution in [0, 0.1) is 13.8 Å². The van der Waals surface area contributed by atoms with Crippen LogP contribution in [0.3, 0.4) is 0 Å². The van der Waals surface area contributed by atoms with E-state index in [0.29, 0.717) is 16.5 Å². The number of benzene rings is 2. The van der Waals surface area contributed by atoms with Crippen molar-refractivity contribution in [2.24, 2.45) is 4.99 Å². The van der Waals surface area contributed by atoms with Crippen LogP contribution >= 0.6 is 23.2 Å². The molecule has 1 heterocycles. The van der Waals surface area contributed by atoms with Crippen LogP contribution in [0.5, 0.6) is 5.75 Å². The number of aromatic nitrogens is 1. The highest BCUT2D eigenvalue weighted by Crippen LogP contribution is 2.30. The fourth-order valence-electron chi connectivity index (χ4n) is 2.81. The molecule has 2 aromatic carbocycles. The van der Waals surface area contributed by atoms with Gasteiger partial charge in [0.05, 0.1) is 7.11 Å². The lowest BCUT2D eigenvalue weighted by atomic mass is 10.2. The Morgan fingerprint density at radius 2 is 1.64 bits per heavy atom. The fraction of sp³-hybridized carbons (Fsp3) is 0.150. The van der Waals surface area contributed by atoms with Gasteiger partial charge in [0, 0.05) is 38.9 Å². The number of halogens is 2. The molecule has 0 bridgehead atoms. The molecule has 128 valence electrons. The van der Waals surface area contributed by atoms with E-state index < -0.39 is 0 Å². The van der Waals surface area contributed by atoms with Crippen LogP contribution in [0.4, 0.5) is 5.69 Å². The number of aliphatic imine (C=N–C) groups is 1. The Morgan fingerprint density at radius 3 is 2.32 bits per heavy atom. The molecule has 0 unspecified atom stereocenters. The summed E-state index contributed by atoms with van der Waals surface area (Å²) in [5, 5.41) is 1.35. The Morgan fingerprint density at radius 1 is 0.960 bits per heavy atom. The normalized spacial score (nSPS) is 11.2. The predicted octanol–water partition coefficient (Wildman–Crippen LogP) is 6.16. The van der Waals surface area contributed by atoms with Crippen molar-refractivity contribution in [2.45, 2.75) is 13.8 Å². The number of nitrogens with zero attached hydrogens (tertiary/aromatic N) is 2. The van der Waals surface area contributed by atoms with E-state index in [-0.39, 0.29) is 0 Å². The quantitative estimate of drug-likeness (QED) is 0.503. The highest BCUT2D eigenvalue weighted by atomic mass is 35.5. The van der Waals surface area contributed by atoms with Crippen LogP contribution < -0.4 is 4.74 Å². The van der Waals surface area contributed by atoms with Crippen molar-refractivity contribution in [3.05, 3.63) is 75.5 Å². The summed E-state index contributed by atoms with van der Waals surface area (Å²) in [5.41, 5.74) is 5.03. The summed E-state index contributed by atoms with van der Waals surface area (Å²) in [6.45, 7) is 4.14. The summed E-state index contributed by atoms with van der Waals surface area (Å²) >= 11 is 12.1. The first-order valence-electron chi connectivity index (χ1n) is 7.82. The van der Waals surface area contributed by atoms with Gasteiger partial charge in [0.1, 0.15) is 11.4 Å². The average molecular weight is 373 g/mol. The molecule has 0 amide bonds. The summed E-state index contributed by atoms with van der Waals surface area (Å²) < 4.78 is 7.51. The third-order valence-corrected chi connectivity index (χ3v) is 4.53. The minimum atomic E-state index is 0.625. The maximum Gasteiger partial charge on any atom is 0.144 e. The van der Waals surface area contributed by atoms with Crippen molar-refractivity contribution < 1.29 is 4.74 Å². The molecule has 25 heavy (non-hydrogen) atoms. The van der Waals surface area contributed by atoms with Crippen LogP contribution in [0.15, 0.2) is 53.5 Å². The maximum absolute atomic E-state index is 6.06. The number of aryl methyl sites for hydroxylation is 1. The SMILES string of the molecule is COc1ccc(Cl)cc1N=Cc1cc(C)n(-c2ccc(Cl)cc2)c1C. The van der Waals surface area contributed by atoms with Crippen LogP contribution in [0.25, 0.3) is 5.69 Å². The molecule has 0 spiro atoms. The summed E-state index contributed by atoms with van der Waals surface area (Å²) in [6, 6.07) is 15.3. The minimum Gasteiger partial charge on any atom is -0.494 e. The molecule has 0 saturated carbocycles. The first-order chi connectivity index (χ1) is 12.0. The van der Waals surface area contributed by atoms with Gasteiger partial charge in [-0.2, -0.15) is 0 Å². The zero-order chi connectivity index (χ0) is 18.0. The van der Waals surface area contributed by atoms with Crippen molar-refractivity contribution in [3.63, 3.8) is 0 Å². The number of methoxy groups -OCH3 is 1. The monoisotopic (exact) mass is 372 g/mol. The van der Waals surface area contributed by atoms with Crippen molar-refractivity contribution in [2.75, 3.05) is 7.11 Å². The molecule has 3 aromatic rings. The van der Waals surface area contributed by atoms with Crippen molar-refractivity contribution in [1.29, 1.82) is 0 Å². The van der Waals surface area contributed by atoms with Crippen LogP contribution in [0.2, 0.25) is 10.0 Å². The molecule has 3 nitrogen and oxygen atoms in total. The van der Waals surface area contributed by atoms with Gasteiger partial charge in [-0.25, -0.2) is 0 Å². The predicted molar refractivity (Wildman–Crippen MR) is 106 cm³/mol. The van der Waals surface area contributed by atoms with E-state index in [1.54, 1.807) is 19.2 Å². The van der Waals surface area contributed by atoms with Gasteiger partial charge in [-0.3, -0.25) is 4.99 Å². The van der Waals surface area contributed by atoms with Gasteiger partial charge < -0.3 is 9.30 Å². The molecule has 0 saturated heterocycles. The second kappa shape index (κ2) is 7.34. The lowest BCUT2D eigenvalue weighted by Gasteiger charge is -2.09. The molecule has 0 aliphatic rings. The van der Waals surface area contributed by atoms with Crippen molar-refractivity contribution in [1.82, 2.24) is 4.57 Å². The molecule has 0 radical (unpaired) electrons. The highest BCUT2D eigenvalue weighted by molar-refractivity contribution is 6.31. The first-order valence-corrected chi connectivity index (χ1v) is 8.57. The average Bonchev–Trinajstić information content (AvgIpc) is 2.88. The van der Waals surface area contributed by atoms with Gasteiger partial charge in [-0.05, 0) is 62.4 Å². The van der Waals surface area contributed by atoms with Gasteiger partial charge >= 0.3 is 0 Å². The lowest BCUT2D eigenvalue weighted by molar-refractivity contribution is 0.416. The molecule has 0 atom stereocenters. The maximum atomic E-state index is 6.06. The third-order valence-electron chi connectivity index (χ3n) is 4.04. The standard InChI is InChI=1S/C20H18Cl2N2O/c1-13-10-15(12-23-19-11-17(22)6-9-20(19)25-3)14(2)24(13)18-7-4-16(21)5-8-18/h4-12H,1-3H3. The Kier molecular flexibility index (Phi) is 5.16. The smallest absolute Gasteiger partial charge is 0.144 e. The summed E-state index contributed by atoms with van der Waals surface area (Å²) in [7, 11) is 1.62. The Balaban J connectivity index is 1.98. The van der Waals surface area contributed by atoms with Gasteiger partial charge in [0.15, 0.2) is 0 Å². The second-order valence-electron chi connectivity index (χ2n) is 5.71. The molecule has 3 rings (SSSR count). The molecular formula is C20H18Cl2N2O.